The van der Waals surface area contributed by atoms with E-state index < -0.39 is 0 Å². The summed E-state index contributed by atoms with van der Waals surface area (Å²) in [7, 11) is 3.11. The maximum absolute atomic E-state index is 7.89. The van der Waals surface area contributed by atoms with E-state index in [2.05, 4.69) is 0 Å². The molecular weight excluding hydrogens is 78.3 g/mol. The van der Waals surface area contributed by atoms with Gasteiger partial charge in [-0.25, -0.2) is 0 Å². The summed E-state index contributed by atoms with van der Waals surface area (Å²) in [6, 6.07) is 0. The Kier molecular flexibility index (Phi) is 8.61. The van der Waals surface area contributed by atoms with Gasteiger partial charge in [0, 0.05) is 37.1 Å². The molecule has 0 bridgehead atoms. The largest absolute Gasteiger partial charge is 0.315 e. The van der Waals surface area contributed by atoms with Crippen LogP contribution >= 0.6 is 0 Å². The fourth-order valence-electron chi connectivity index (χ4n) is 0. The summed E-state index contributed by atoms with van der Waals surface area (Å²) in [5, 5.41) is 8.89. The molecule has 0 aliphatic heterocycles. The molecule has 2 nitrogen and oxygen atoms in total. The average molecular weight is 85.4 g/mol. The zero-order valence-electron chi connectivity index (χ0n) is 3.60. The van der Waals surface area contributed by atoms with Gasteiger partial charge in [-0.1, -0.05) is 0 Å². The van der Waals surface area contributed by atoms with E-state index in [-0.39, 0.29) is 23.1 Å². The van der Waals surface area contributed by atoms with Crippen molar-refractivity contribution in [1.82, 2.24) is 5.06 Å². The first-order valence-corrected chi connectivity index (χ1v) is 1.09. The molecule has 0 atom stereocenters. The third-order valence-corrected chi connectivity index (χ3v) is 0. The van der Waals surface area contributed by atoms with Gasteiger partial charge in [0.1, 0.15) is 0 Å². The number of hydroxylamine groups is 2. The van der Waals surface area contributed by atoms with Crippen LogP contribution in [0.3, 0.4) is 0 Å². The Morgan fingerprint density at radius 2 is 1.40 bits per heavy atom. The molecular formula is C2H7MgNO. The van der Waals surface area contributed by atoms with Gasteiger partial charge in [-0.15, -0.1) is 0 Å². The predicted molar refractivity (Wildman–Crippen MR) is 21.2 cm³/mol. The summed E-state index contributed by atoms with van der Waals surface area (Å²) in [6.45, 7) is 0. The van der Waals surface area contributed by atoms with Gasteiger partial charge in [0.05, 0.1) is 0 Å². The second-order valence-corrected chi connectivity index (χ2v) is 0.847. The van der Waals surface area contributed by atoms with Crippen molar-refractivity contribution in [3.8, 4) is 0 Å². The first-order valence-electron chi connectivity index (χ1n) is 1.09. The molecule has 0 aromatic heterocycles. The van der Waals surface area contributed by atoms with E-state index in [0.29, 0.717) is 0 Å². The van der Waals surface area contributed by atoms with Crippen molar-refractivity contribution in [2.45, 2.75) is 0 Å². The fourth-order valence-corrected chi connectivity index (χ4v) is 0. The maximum Gasteiger partial charge on any atom is 0.0121 e. The van der Waals surface area contributed by atoms with Crippen LogP contribution in [0.15, 0.2) is 0 Å². The van der Waals surface area contributed by atoms with Crippen molar-refractivity contribution in [1.29, 1.82) is 0 Å². The SMILES string of the molecule is CN(C)O.[Mg]. The van der Waals surface area contributed by atoms with Crippen molar-refractivity contribution >= 4 is 23.1 Å². The predicted octanol–water partition coefficient (Wildman–Crippen LogP) is -0.444. The van der Waals surface area contributed by atoms with Crippen LogP contribution in [0.25, 0.3) is 0 Å². The molecule has 0 aromatic rings. The molecule has 0 fully saturated rings. The zero-order chi connectivity index (χ0) is 3.58. The molecule has 3 heteroatoms. The second kappa shape index (κ2) is 4.69. The van der Waals surface area contributed by atoms with E-state index in [1.54, 1.807) is 14.1 Å². The van der Waals surface area contributed by atoms with Gasteiger partial charge in [0.25, 0.3) is 0 Å². The monoisotopic (exact) mass is 85.0 g/mol. The average Bonchev–Trinajstić information content (AvgIpc) is 0.811. The minimum Gasteiger partial charge on any atom is -0.315 e. The molecule has 0 aliphatic carbocycles. The molecule has 0 amide bonds. The van der Waals surface area contributed by atoms with Crippen LogP contribution in [0.4, 0.5) is 0 Å². The van der Waals surface area contributed by atoms with Crippen LogP contribution in [-0.2, 0) is 0 Å². The van der Waals surface area contributed by atoms with Crippen LogP contribution in [-0.4, -0.2) is 47.4 Å². The lowest BCUT2D eigenvalue weighted by Gasteiger charge is -1.89. The van der Waals surface area contributed by atoms with Gasteiger partial charge in [-0.05, 0) is 0 Å². The molecule has 0 aromatic carbocycles. The quantitative estimate of drug-likeness (QED) is 0.318. The topological polar surface area (TPSA) is 23.5 Å². The van der Waals surface area contributed by atoms with Crippen LogP contribution in [0.5, 0.6) is 0 Å². The van der Waals surface area contributed by atoms with E-state index >= 15 is 0 Å². The molecule has 0 saturated heterocycles. The van der Waals surface area contributed by atoms with Crippen LogP contribution in [0, 0.1) is 0 Å². The Labute approximate surface area is 47.9 Å². The third kappa shape index (κ3) is 71.8. The Bertz CT molecular complexity index is 14.4. The zero-order valence-corrected chi connectivity index (χ0v) is 5.02. The Morgan fingerprint density at radius 1 is 1.40 bits per heavy atom. The van der Waals surface area contributed by atoms with Crippen molar-refractivity contribution < 1.29 is 5.21 Å². The van der Waals surface area contributed by atoms with E-state index in [1.165, 1.54) is 0 Å². The van der Waals surface area contributed by atoms with Crippen molar-refractivity contribution in [2.75, 3.05) is 14.1 Å². The summed E-state index contributed by atoms with van der Waals surface area (Å²) in [6.07, 6.45) is 0. The number of nitrogens with zero attached hydrogens (tertiary/aromatic N) is 1. The molecule has 0 spiro atoms. The highest BCUT2D eigenvalue weighted by Gasteiger charge is 1.59. The van der Waals surface area contributed by atoms with Gasteiger partial charge in [-0.3, -0.25) is 0 Å². The highest BCUT2D eigenvalue weighted by Crippen LogP contribution is 1.46. The summed E-state index contributed by atoms with van der Waals surface area (Å²) in [5.41, 5.74) is 0. The van der Waals surface area contributed by atoms with Gasteiger partial charge >= 0.3 is 0 Å². The van der Waals surface area contributed by atoms with E-state index in [4.69, 9.17) is 5.21 Å². The lowest BCUT2D eigenvalue weighted by molar-refractivity contribution is -0.0372. The highest BCUT2D eigenvalue weighted by atomic mass is 24.3. The smallest absolute Gasteiger partial charge is 0.0121 e. The lowest BCUT2D eigenvalue weighted by Crippen LogP contribution is -2.01. The molecule has 28 valence electrons. The second-order valence-electron chi connectivity index (χ2n) is 0.847. The van der Waals surface area contributed by atoms with E-state index in [0.717, 1.165) is 5.06 Å². The van der Waals surface area contributed by atoms with Crippen LogP contribution < -0.4 is 0 Å². The number of hydrogen-bond donors (Lipinski definition) is 1. The van der Waals surface area contributed by atoms with Gasteiger partial charge in [0.15, 0.2) is 0 Å². The normalized spacial score (nSPS) is 7.20. The molecule has 0 rings (SSSR count). The molecule has 2 radical (unpaired) electrons. The first kappa shape index (κ1) is 9.19. The Balaban J connectivity index is 0. The molecule has 0 saturated carbocycles. The van der Waals surface area contributed by atoms with Crippen LogP contribution in [0.2, 0.25) is 0 Å². The summed E-state index contributed by atoms with van der Waals surface area (Å²) in [5.74, 6) is 0. The highest BCUT2D eigenvalue weighted by molar-refractivity contribution is 5.75. The van der Waals surface area contributed by atoms with Crippen molar-refractivity contribution in [3.63, 3.8) is 0 Å². The maximum atomic E-state index is 7.89. The standard InChI is InChI=1S/C2H7NO.Mg/c1-3(2)4;/h4H,1-2H3;. The summed E-state index contributed by atoms with van der Waals surface area (Å²) < 4.78 is 0. The Hall–Kier alpha value is 0.686. The third-order valence-electron chi connectivity index (χ3n) is 0. The van der Waals surface area contributed by atoms with E-state index in [9.17, 15) is 0 Å². The van der Waals surface area contributed by atoms with Gasteiger partial charge in [0.2, 0.25) is 0 Å². The minimum absolute atomic E-state index is 0. The van der Waals surface area contributed by atoms with Crippen LogP contribution in [0.1, 0.15) is 0 Å². The molecule has 1 N–H and O–H groups in total. The Morgan fingerprint density at radius 3 is 1.40 bits per heavy atom. The summed E-state index contributed by atoms with van der Waals surface area (Å²) in [4.78, 5) is 0. The first-order chi connectivity index (χ1) is 1.73. The van der Waals surface area contributed by atoms with E-state index in [1.807, 2.05) is 0 Å². The molecule has 0 heterocycles. The summed E-state index contributed by atoms with van der Waals surface area (Å²) >= 11 is 0. The minimum atomic E-state index is 0. The number of hydrogen-bond acceptors (Lipinski definition) is 2. The molecule has 0 unspecified atom stereocenters. The van der Waals surface area contributed by atoms with Gasteiger partial charge in [-0.2, -0.15) is 5.06 Å². The fraction of sp³-hybridized carbons (Fsp3) is 1.00. The van der Waals surface area contributed by atoms with Crippen molar-refractivity contribution in [2.24, 2.45) is 0 Å². The molecule has 0 aliphatic rings. The number of rotatable bonds is 0. The van der Waals surface area contributed by atoms with Crippen molar-refractivity contribution in [3.05, 3.63) is 0 Å². The van der Waals surface area contributed by atoms with Gasteiger partial charge < -0.3 is 5.21 Å². The lowest BCUT2D eigenvalue weighted by atomic mass is 11.2. The molecule has 5 heavy (non-hydrogen) atoms.